The summed E-state index contributed by atoms with van der Waals surface area (Å²) >= 11 is 0. The van der Waals surface area contributed by atoms with E-state index in [1.165, 1.54) is 0 Å². The van der Waals surface area contributed by atoms with Gasteiger partial charge in [-0.25, -0.2) is 0 Å². The summed E-state index contributed by atoms with van der Waals surface area (Å²) in [6.07, 6.45) is 0.951. The van der Waals surface area contributed by atoms with Gasteiger partial charge in [0, 0.05) is 6.92 Å². The van der Waals surface area contributed by atoms with Crippen LogP contribution in [0.5, 0.6) is 5.75 Å². The largest absolute Gasteiger partial charge is 0.508 e. The first-order valence-electron chi connectivity index (χ1n) is 4.90. The minimum atomic E-state index is -0.833. The van der Waals surface area contributed by atoms with Crippen molar-refractivity contribution in [3.63, 3.8) is 0 Å². The number of hydrogen-bond donors (Lipinski definition) is 2. The van der Waals surface area contributed by atoms with Crippen LogP contribution in [0.25, 0.3) is 0 Å². The molecule has 0 aliphatic carbocycles. The van der Waals surface area contributed by atoms with Gasteiger partial charge in [0.2, 0.25) is 0 Å². The van der Waals surface area contributed by atoms with Crippen molar-refractivity contribution in [2.75, 3.05) is 0 Å². The first-order valence-corrected chi connectivity index (χ1v) is 4.90. The zero-order valence-electron chi connectivity index (χ0n) is 9.40. The molecule has 0 bridgehead atoms. The number of rotatable bonds is 2. The Morgan fingerprint density at radius 2 is 1.80 bits per heavy atom. The molecule has 0 aliphatic rings. The molecule has 84 valence electrons. The molecule has 1 aromatic rings. The maximum Gasteiger partial charge on any atom is 0.300 e. The van der Waals surface area contributed by atoms with Gasteiger partial charge in [-0.05, 0) is 24.0 Å². The van der Waals surface area contributed by atoms with E-state index in [1.807, 2.05) is 18.2 Å². The van der Waals surface area contributed by atoms with Gasteiger partial charge in [0.25, 0.3) is 5.97 Å². The Kier molecular flexibility index (Phi) is 6.18. The summed E-state index contributed by atoms with van der Waals surface area (Å²) in [5.41, 5.74) is 1.04. The lowest BCUT2D eigenvalue weighted by atomic mass is 10.0. The van der Waals surface area contributed by atoms with Gasteiger partial charge in [-0.1, -0.05) is 32.0 Å². The molecule has 0 saturated heterocycles. The predicted molar refractivity (Wildman–Crippen MR) is 60.0 cm³/mol. The van der Waals surface area contributed by atoms with Gasteiger partial charge in [-0.15, -0.1) is 0 Å². The molecule has 0 atom stereocenters. The lowest BCUT2D eigenvalue weighted by Gasteiger charge is -2.05. The number of carboxylic acid groups (broad SMARTS) is 1. The third-order valence-corrected chi connectivity index (χ3v) is 1.62. The number of aromatic hydroxyl groups is 1. The van der Waals surface area contributed by atoms with Crippen LogP contribution < -0.4 is 0 Å². The second kappa shape index (κ2) is 6.87. The molecule has 0 fully saturated rings. The first kappa shape index (κ1) is 13.5. The molecule has 1 aromatic carbocycles. The third-order valence-electron chi connectivity index (χ3n) is 1.62. The fourth-order valence-electron chi connectivity index (χ4n) is 1.12. The highest BCUT2D eigenvalue weighted by atomic mass is 16.4. The van der Waals surface area contributed by atoms with Crippen LogP contribution in [0.1, 0.15) is 26.3 Å². The van der Waals surface area contributed by atoms with Crippen molar-refractivity contribution in [3.05, 3.63) is 29.8 Å². The smallest absolute Gasteiger partial charge is 0.300 e. The number of para-hydroxylation sites is 1. The van der Waals surface area contributed by atoms with Gasteiger partial charge in [0.05, 0.1) is 0 Å². The average molecular weight is 210 g/mol. The van der Waals surface area contributed by atoms with Crippen LogP contribution in [-0.4, -0.2) is 16.2 Å². The van der Waals surface area contributed by atoms with Crippen molar-refractivity contribution < 1.29 is 15.0 Å². The minimum Gasteiger partial charge on any atom is -0.508 e. The summed E-state index contributed by atoms with van der Waals surface area (Å²) in [7, 11) is 0. The van der Waals surface area contributed by atoms with Crippen LogP contribution in [0.2, 0.25) is 0 Å². The Labute approximate surface area is 90.4 Å². The van der Waals surface area contributed by atoms with E-state index in [0.717, 1.165) is 18.9 Å². The Balaban J connectivity index is 0.000000423. The summed E-state index contributed by atoms with van der Waals surface area (Å²) < 4.78 is 0. The van der Waals surface area contributed by atoms with Crippen LogP contribution in [0, 0.1) is 5.92 Å². The van der Waals surface area contributed by atoms with Crippen LogP contribution in [-0.2, 0) is 11.2 Å². The number of phenolic OH excluding ortho intramolecular Hbond substituents is 1. The van der Waals surface area contributed by atoms with Gasteiger partial charge < -0.3 is 10.2 Å². The first-order chi connectivity index (χ1) is 6.93. The molecule has 0 aliphatic heterocycles. The van der Waals surface area contributed by atoms with Crippen LogP contribution >= 0.6 is 0 Å². The number of hydrogen-bond acceptors (Lipinski definition) is 2. The number of carbonyl (C=O) groups is 1. The fraction of sp³-hybridized carbons (Fsp3) is 0.417. The van der Waals surface area contributed by atoms with Crippen molar-refractivity contribution in [2.24, 2.45) is 5.92 Å². The van der Waals surface area contributed by atoms with E-state index in [0.29, 0.717) is 11.7 Å². The molecular formula is C12H18O3. The quantitative estimate of drug-likeness (QED) is 0.789. The van der Waals surface area contributed by atoms with Crippen molar-refractivity contribution in [1.82, 2.24) is 0 Å². The molecular weight excluding hydrogens is 192 g/mol. The molecule has 0 spiro atoms. The van der Waals surface area contributed by atoms with Crippen LogP contribution in [0.15, 0.2) is 24.3 Å². The van der Waals surface area contributed by atoms with Gasteiger partial charge in [0.1, 0.15) is 5.75 Å². The molecule has 0 aromatic heterocycles. The van der Waals surface area contributed by atoms with Gasteiger partial charge in [-0.3, -0.25) is 4.79 Å². The second-order valence-electron chi connectivity index (χ2n) is 3.75. The van der Waals surface area contributed by atoms with E-state index in [1.54, 1.807) is 6.07 Å². The number of aliphatic carboxylic acids is 1. The van der Waals surface area contributed by atoms with E-state index in [4.69, 9.17) is 9.90 Å². The Bertz CT molecular complexity index is 301. The summed E-state index contributed by atoms with van der Waals surface area (Å²) in [6.45, 7) is 5.37. The van der Waals surface area contributed by atoms with E-state index in [9.17, 15) is 5.11 Å². The number of benzene rings is 1. The van der Waals surface area contributed by atoms with E-state index < -0.39 is 5.97 Å². The topological polar surface area (TPSA) is 57.5 Å². The van der Waals surface area contributed by atoms with Crippen LogP contribution in [0.3, 0.4) is 0 Å². The van der Waals surface area contributed by atoms with E-state index in [-0.39, 0.29) is 0 Å². The summed E-state index contributed by atoms with van der Waals surface area (Å²) in [5.74, 6) is 0.185. The molecule has 0 amide bonds. The van der Waals surface area contributed by atoms with Crippen molar-refractivity contribution in [3.8, 4) is 5.75 Å². The molecule has 3 nitrogen and oxygen atoms in total. The van der Waals surface area contributed by atoms with Gasteiger partial charge >= 0.3 is 0 Å². The normalized spacial score (nSPS) is 9.33. The number of phenols is 1. The van der Waals surface area contributed by atoms with E-state index in [2.05, 4.69) is 13.8 Å². The van der Waals surface area contributed by atoms with Crippen molar-refractivity contribution >= 4 is 5.97 Å². The van der Waals surface area contributed by atoms with Gasteiger partial charge in [-0.2, -0.15) is 0 Å². The molecule has 3 heteroatoms. The van der Waals surface area contributed by atoms with Gasteiger partial charge in [0.15, 0.2) is 0 Å². The highest BCUT2D eigenvalue weighted by Crippen LogP contribution is 2.18. The SMILES string of the molecule is CC(=O)O.CC(C)Cc1ccccc1O. The minimum absolute atomic E-state index is 0.418. The molecule has 0 saturated carbocycles. The Morgan fingerprint density at radius 1 is 1.33 bits per heavy atom. The Hall–Kier alpha value is -1.51. The lowest BCUT2D eigenvalue weighted by Crippen LogP contribution is -1.93. The second-order valence-corrected chi connectivity index (χ2v) is 3.75. The monoisotopic (exact) mass is 210 g/mol. The maximum atomic E-state index is 9.36. The van der Waals surface area contributed by atoms with Crippen molar-refractivity contribution in [2.45, 2.75) is 27.2 Å². The fourth-order valence-corrected chi connectivity index (χ4v) is 1.12. The highest BCUT2D eigenvalue weighted by molar-refractivity contribution is 5.62. The molecule has 1 rings (SSSR count). The molecule has 0 heterocycles. The summed E-state index contributed by atoms with van der Waals surface area (Å²) in [5, 5.41) is 16.8. The third kappa shape index (κ3) is 7.55. The molecule has 15 heavy (non-hydrogen) atoms. The van der Waals surface area contributed by atoms with E-state index >= 15 is 0 Å². The average Bonchev–Trinajstić information content (AvgIpc) is 2.07. The molecule has 0 unspecified atom stereocenters. The predicted octanol–water partition coefficient (Wildman–Crippen LogP) is 2.68. The van der Waals surface area contributed by atoms with Crippen molar-refractivity contribution in [1.29, 1.82) is 0 Å². The summed E-state index contributed by atoms with van der Waals surface area (Å²) in [6, 6.07) is 7.50. The maximum absolute atomic E-state index is 9.36. The Morgan fingerprint density at radius 3 is 2.20 bits per heavy atom. The summed E-state index contributed by atoms with van der Waals surface area (Å²) in [4.78, 5) is 9.00. The molecule has 0 radical (unpaired) electrons. The molecule has 2 N–H and O–H groups in total. The zero-order chi connectivity index (χ0) is 11.8. The number of carboxylic acids is 1. The van der Waals surface area contributed by atoms with Crippen LogP contribution in [0.4, 0.5) is 0 Å². The highest BCUT2D eigenvalue weighted by Gasteiger charge is 2.00. The lowest BCUT2D eigenvalue weighted by molar-refractivity contribution is -0.134. The zero-order valence-corrected chi connectivity index (χ0v) is 9.40. The standard InChI is InChI=1S/C10H14O.C2H4O2/c1-8(2)7-9-5-3-4-6-10(9)11;1-2(3)4/h3-6,8,11H,7H2,1-2H3;1H3,(H,3,4).